The molecule has 3 aromatic rings. The molecule has 0 aliphatic heterocycles. The highest BCUT2D eigenvalue weighted by Crippen LogP contribution is 2.31. The smallest absolute Gasteiger partial charge is 0.212 e. The van der Waals surface area contributed by atoms with Gasteiger partial charge in [0.15, 0.2) is 5.65 Å². The highest BCUT2D eigenvalue weighted by molar-refractivity contribution is 6.33. The molecular formula is C22H26Cl2N8. The van der Waals surface area contributed by atoms with Gasteiger partial charge in [0.2, 0.25) is 12.2 Å². The number of anilines is 1. The van der Waals surface area contributed by atoms with Gasteiger partial charge in [0.05, 0.1) is 17.4 Å². The lowest BCUT2D eigenvalue weighted by Gasteiger charge is -2.25. The van der Waals surface area contributed by atoms with Gasteiger partial charge in [-0.15, -0.1) is 4.99 Å². The summed E-state index contributed by atoms with van der Waals surface area (Å²) in [5.41, 5.74) is 4.38. The third-order valence-corrected chi connectivity index (χ3v) is 5.49. The Morgan fingerprint density at radius 1 is 1.12 bits per heavy atom. The number of fused-ring (bicyclic) bond motifs is 1. The molecule has 3 heterocycles. The van der Waals surface area contributed by atoms with Crippen LogP contribution in [0.1, 0.15) is 56.6 Å². The zero-order valence-electron chi connectivity index (χ0n) is 18.9. The van der Waals surface area contributed by atoms with Crippen molar-refractivity contribution >= 4 is 45.9 Å². The molecule has 3 aromatic heterocycles. The largest absolute Gasteiger partial charge is 0.347 e. The maximum Gasteiger partial charge on any atom is 0.212 e. The monoisotopic (exact) mass is 472 g/mol. The average Bonchev–Trinajstić information content (AvgIpc) is 2.98. The first-order chi connectivity index (χ1) is 15.1. The summed E-state index contributed by atoms with van der Waals surface area (Å²) in [6.07, 6.45) is 1.83. The van der Waals surface area contributed by atoms with Gasteiger partial charge in [0.25, 0.3) is 0 Å². The molecule has 0 fully saturated rings. The molecule has 168 valence electrons. The van der Waals surface area contributed by atoms with E-state index in [9.17, 15) is 5.26 Å². The van der Waals surface area contributed by atoms with E-state index in [0.717, 1.165) is 22.4 Å². The van der Waals surface area contributed by atoms with Crippen molar-refractivity contribution in [1.82, 2.24) is 25.1 Å². The quantitative estimate of drug-likeness (QED) is 0.224. The molecule has 0 aliphatic carbocycles. The van der Waals surface area contributed by atoms with Crippen LogP contribution in [0.15, 0.2) is 23.2 Å². The summed E-state index contributed by atoms with van der Waals surface area (Å²) in [6.45, 7) is 10.5. The van der Waals surface area contributed by atoms with Gasteiger partial charge in [0.1, 0.15) is 10.3 Å². The molecule has 0 bridgehead atoms. The van der Waals surface area contributed by atoms with Crippen LogP contribution in [0.25, 0.3) is 11.0 Å². The van der Waals surface area contributed by atoms with Crippen LogP contribution in [0.5, 0.6) is 0 Å². The Labute approximate surface area is 197 Å². The lowest BCUT2D eigenvalue weighted by Crippen LogP contribution is -2.37. The Morgan fingerprint density at radius 3 is 2.34 bits per heavy atom. The zero-order chi connectivity index (χ0) is 23.6. The second-order valence-corrected chi connectivity index (χ2v) is 9.03. The minimum atomic E-state index is -0.223. The van der Waals surface area contributed by atoms with Crippen LogP contribution in [0.2, 0.25) is 10.3 Å². The van der Waals surface area contributed by atoms with E-state index in [4.69, 9.17) is 28.2 Å². The van der Waals surface area contributed by atoms with E-state index in [1.54, 1.807) is 16.8 Å². The van der Waals surface area contributed by atoms with Gasteiger partial charge < -0.3 is 10.6 Å². The normalized spacial score (nSPS) is 13.0. The Morgan fingerprint density at radius 2 is 1.78 bits per heavy atom. The molecule has 1 unspecified atom stereocenters. The fourth-order valence-corrected chi connectivity index (χ4v) is 4.12. The zero-order valence-corrected chi connectivity index (χ0v) is 20.4. The highest BCUT2D eigenvalue weighted by Gasteiger charge is 2.23. The van der Waals surface area contributed by atoms with Crippen molar-refractivity contribution in [3.63, 3.8) is 0 Å². The molecule has 32 heavy (non-hydrogen) atoms. The molecule has 0 saturated heterocycles. The van der Waals surface area contributed by atoms with Gasteiger partial charge in [-0.25, -0.2) is 9.97 Å². The number of aliphatic imine (C=N–C) groups is 1. The number of aromatic nitrogens is 4. The van der Waals surface area contributed by atoms with Crippen LogP contribution in [0.3, 0.4) is 0 Å². The number of nitrogens with one attached hydrogen (secondary N) is 2. The van der Waals surface area contributed by atoms with Gasteiger partial charge in [-0.1, -0.05) is 50.9 Å². The van der Waals surface area contributed by atoms with E-state index in [2.05, 4.69) is 59.5 Å². The third-order valence-electron chi connectivity index (χ3n) is 5.11. The van der Waals surface area contributed by atoms with E-state index < -0.39 is 0 Å². The summed E-state index contributed by atoms with van der Waals surface area (Å²) in [6, 6.07) is 5.10. The van der Waals surface area contributed by atoms with E-state index in [1.807, 2.05) is 20.2 Å². The van der Waals surface area contributed by atoms with Gasteiger partial charge in [-0.05, 0) is 42.5 Å². The van der Waals surface area contributed by atoms with Crippen LogP contribution in [0, 0.1) is 24.3 Å². The van der Waals surface area contributed by atoms with Crippen molar-refractivity contribution in [1.29, 1.82) is 5.26 Å². The van der Waals surface area contributed by atoms with Crippen LogP contribution in [-0.4, -0.2) is 25.7 Å². The van der Waals surface area contributed by atoms with Crippen molar-refractivity contribution in [2.75, 3.05) is 5.32 Å². The minimum absolute atomic E-state index is 0.143. The van der Waals surface area contributed by atoms with Gasteiger partial charge in [-0.3, -0.25) is 4.68 Å². The Kier molecular flexibility index (Phi) is 7.22. The predicted molar refractivity (Wildman–Crippen MR) is 129 cm³/mol. The molecule has 2 N–H and O–H groups in total. The maximum atomic E-state index is 9.23. The first kappa shape index (κ1) is 23.8. The second-order valence-electron chi connectivity index (χ2n) is 8.25. The number of hydrogen-bond acceptors (Lipinski definition) is 5. The van der Waals surface area contributed by atoms with Crippen LogP contribution >= 0.6 is 23.2 Å². The van der Waals surface area contributed by atoms with Gasteiger partial charge in [0, 0.05) is 18.1 Å². The molecule has 1 atom stereocenters. The van der Waals surface area contributed by atoms with E-state index in [0.29, 0.717) is 11.6 Å². The van der Waals surface area contributed by atoms with Crippen molar-refractivity contribution in [3.8, 4) is 6.19 Å². The van der Waals surface area contributed by atoms with Crippen molar-refractivity contribution in [2.24, 2.45) is 18.0 Å². The van der Waals surface area contributed by atoms with Gasteiger partial charge >= 0.3 is 0 Å². The number of aryl methyl sites for hydroxylation is 2. The first-order valence-electron chi connectivity index (χ1n) is 10.3. The summed E-state index contributed by atoms with van der Waals surface area (Å²) in [4.78, 5) is 12.8. The SMILES string of the molecule is Cc1nn(C)c2nc(C(N/C(=N/C#N)Nc3cc(Cl)nc(Cl)c3)C(C)C)cc(C(C)C)c12. The Balaban J connectivity index is 2.03. The summed E-state index contributed by atoms with van der Waals surface area (Å²) < 4.78 is 1.81. The highest BCUT2D eigenvalue weighted by atomic mass is 35.5. The summed E-state index contributed by atoms with van der Waals surface area (Å²) in [5.74, 6) is 0.699. The lowest BCUT2D eigenvalue weighted by molar-refractivity contribution is 0.461. The molecule has 0 aliphatic rings. The van der Waals surface area contributed by atoms with Gasteiger partial charge in [-0.2, -0.15) is 10.4 Å². The molecule has 0 spiro atoms. The number of halogens is 2. The lowest BCUT2D eigenvalue weighted by atomic mass is 9.94. The Bertz CT molecular complexity index is 1190. The maximum absolute atomic E-state index is 9.23. The molecule has 0 radical (unpaired) electrons. The molecule has 0 aromatic carbocycles. The van der Waals surface area contributed by atoms with Crippen LogP contribution < -0.4 is 10.6 Å². The summed E-state index contributed by atoms with van der Waals surface area (Å²) in [5, 5.41) is 21.7. The third kappa shape index (κ3) is 5.12. The molecule has 10 heteroatoms. The number of guanidine groups is 1. The van der Waals surface area contributed by atoms with E-state index >= 15 is 0 Å². The molecule has 8 nitrogen and oxygen atoms in total. The standard InChI is InChI=1S/C22H26Cl2N8/c1-11(2)15-9-16(28-21-19(15)13(5)31-32(21)6)20(12(3)4)30-22(26-10-25)27-14-7-17(23)29-18(24)8-14/h7-9,11-12,20H,1-6H3,(H2,26,27,29,30). The summed E-state index contributed by atoms with van der Waals surface area (Å²) >= 11 is 12.0. The molecule has 3 rings (SSSR count). The number of rotatable bonds is 5. The number of nitrogens with zero attached hydrogens (tertiary/aromatic N) is 6. The second kappa shape index (κ2) is 9.72. The minimum Gasteiger partial charge on any atom is -0.347 e. The topological polar surface area (TPSA) is 104 Å². The average molecular weight is 473 g/mol. The van der Waals surface area contributed by atoms with Crippen molar-refractivity contribution in [2.45, 2.75) is 46.6 Å². The summed E-state index contributed by atoms with van der Waals surface area (Å²) in [7, 11) is 1.90. The first-order valence-corrected chi connectivity index (χ1v) is 11.0. The Hall–Kier alpha value is -2.89. The molecule has 0 amide bonds. The fourth-order valence-electron chi connectivity index (χ4n) is 3.66. The number of nitriles is 1. The molecular weight excluding hydrogens is 447 g/mol. The number of pyridine rings is 2. The van der Waals surface area contributed by atoms with Crippen LogP contribution in [-0.2, 0) is 7.05 Å². The fraction of sp³-hybridized carbons (Fsp3) is 0.409. The van der Waals surface area contributed by atoms with E-state index in [1.165, 1.54) is 5.56 Å². The molecule has 0 saturated carbocycles. The number of hydrogen-bond donors (Lipinski definition) is 2. The van der Waals surface area contributed by atoms with Crippen molar-refractivity contribution in [3.05, 3.63) is 45.5 Å². The van der Waals surface area contributed by atoms with Crippen LogP contribution in [0.4, 0.5) is 5.69 Å². The van der Waals surface area contributed by atoms with Crippen molar-refractivity contribution < 1.29 is 0 Å². The van der Waals surface area contributed by atoms with E-state index in [-0.39, 0.29) is 28.2 Å². The predicted octanol–water partition coefficient (Wildman–Crippen LogP) is 5.34.